The summed E-state index contributed by atoms with van der Waals surface area (Å²) in [5.74, 6) is 0. The van der Waals surface area contributed by atoms with Gasteiger partial charge in [-0.25, -0.2) is 4.79 Å². The molecule has 1 aromatic carbocycles. The van der Waals surface area contributed by atoms with Gasteiger partial charge in [-0.3, -0.25) is 10.1 Å². The highest BCUT2D eigenvalue weighted by molar-refractivity contribution is 5.90. The minimum Gasteiger partial charge on any atom is -0.386 e. The number of nitro groups is 1. The minimum absolute atomic E-state index is 0.0751. The van der Waals surface area contributed by atoms with Crippen LogP contribution in [0.5, 0.6) is 0 Å². The Morgan fingerprint density at radius 1 is 1.55 bits per heavy atom. The maximum Gasteiger partial charge on any atom is 0.322 e. The first-order valence-corrected chi connectivity index (χ1v) is 6.46. The van der Waals surface area contributed by atoms with Crippen molar-refractivity contribution in [2.24, 2.45) is 0 Å². The molecule has 0 aromatic heterocycles. The fourth-order valence-corrected chi connectivity index (χ4v) is 2.33. The van der Waals surface area contributed by atoms with Crippen LogP contribution in [-0.2, 0) is 0 Å². The zero-order chi connectivity index (χ0) is 14.8. The van der Waals surface area contributed by atoms with E-state index in [9.17, 15) is 20.0 Å². The molecular formula is C13H17N3O4. The fourth-order valence-electron chi connectivity index (χ4n) is 2.33. The van der Waals surface area contributed by atoms with Gasteiger partial charge in [-0.2, -0.15) is 0 Å². The number of amides is 2. The molecule has 0 spiro atoms. The van der Waals surface area contributed by atoms with Crippen LogP contribution < -0.4 is 5.32 Å². The monoisotopic (exact) mass is 279 g/mol. The average molecular weight is 279 g/mol. The number of aliphatic hydroxyl groups is 1. The number of benzene rings is 1. The number of nitro benzene ring substituents is 1. The first-order chi connectivity index (χ1) is 9.43. The van der Waals surface area contributed by atoms with Gasteiger partial charge in [0.15, 0.2) is 0 Å². The van der Waals surface area contributed by atoms with E-state index < -0.39 is 10.5 Å². The van der Waals surface area contributed by atoms with Crippen molar-refractivity contribution in [3.05, 3.63) is 34.4 Å². The normalized spacial score (nSPS) is 16.4. The quantitative estimate of drug-likeness (QED) is 0.650. The van der Waals surface area contributed by atoms with Gasteiger partial charge in [-0.05, 0) is 12.5 Å². The van der Waals surface area contributed by atoms with Crippen LogP contribution in [0.2, 0.25) is 0 Å². The third kappa shape index (κ3) is 3.05. The zero-order valence-corrected chi connectivity index (χ0v) is 11.2. The highest BCUT2D eigenvalue weighted by Crippen LogP contribution is 2.26. The SMILES string of the molecule is CCCC1(O)CN(C(=O)Nc2cccc([N+](=O)[O-])c2)C1. The second-order valence-corrected chi connectivity index (χ2v) is 5.07. The van der Waals surface area contributed by atoms with E-state index in [-0.39, 0.29) is 11.7 Å². The van der Waals surface area contributed by atoms with Gasteiger partial charge in [0.05, 0.1) is 23.6 Å². The summed E-state index contributed by atoms with van der Waals surface area (Å²) in [5.41, 5.74) is -0.488. The number of nitrogens with one attached hydrogen (secondary N) is 1. The highest BCUT2D eigenvalue weighted by Gasteiger charge is 2.42. The van der Waals surface area contributed by atoms with Crippen LogP contribution in [0, 0.1) is 10.1 Å². The van der Waals surface area contributed by atoms with E-state index in [1.54, 1.807) is 6.07 Å². The molecular weight excluding hydrogens is 262 g/mol. The van der Waals surface area contributed by atoms with Crippen LogP contribution in [0.25, 0.3) is 0 Å². The predicted molar refractivity (Wildman–Crippen MR) is 73.5 cm³/mol. The summed E-state index contributed by atoms with van der Waals surface area (Å²) < 4.78 is 0. The Hall–Kier alpha value is -2.15. The molecule has 1 aliphatic rings. The number of non-ortho nitro benzene ring substituents is 1. The van der Waals surface area contributed by atoms with Crippen LogP contribution in [-0.4, -0.2) is 39.7 Å². The van der Waals surface area contributed by atoms with Crippen molar-refractivity contribution >= 4 is 17.4 Å². The van der Waals surface area contributed by atoms with Crippen molar-refractivity contribution < 1.29 is 14.8 Å². The lowest BCUT2D eigenvalue weighted by Gasteiger charge is -2.46. The predicted octanol–water partition coefficient (Wildman–Crippen LogP) is 1.97. The van der Waals surface area contributed by atoms with Crippen molar-refractivity contribution in [3.8, 4) is 0 Å². The number of urea groups is 1. The molecule has 1 aromatic rings. The molecule has 20 heavy (non-hydrogen) atoms. The second kappa shape index (κ2) is 5.46. The Morgan fingerprint density at radius 3 is 2.85 bits per heavy atom. The maximum absolute atomic E-state index is 11.9. The molecule has 7 nitrogen and oxygen atoms in total. The van der Waals surface area contributed by atoms with Crippen LogP contribution >= 0.6 is 0 Å². The molecule has 7 heteroatoms. The molecule has 1 saturated heterocycles. The first-order valence-electron chi connectivity index (χ1n) is 6.46. The molecule has 2 amide bonds. The molecule has 0 bridgehead atoms. The van der Waals surface area contributed by atoms with Crippen molar-refractivity contribution in [2.75, 3.05) is 18.4 Å². The largest absolute Gasteiger partial charge is 0.386 e. The van der Waals surface area contributed by atoms with Crippen LogP contribution in [0.15, 0.2) is 24.3 Å². The van der Waals surface area contributed by atoms with Crippen molar-refractivity contribution in [3.63, 3.8) is 0 Å². The number of nitrogens with zero attached hydrogens (tertiary/aromatic N) is 2. The molecule has 1 aliphatic heterocycles. The maximum atomic E-state index is 11.9. The second-order valence-electron chi connectivity index (χ2n) is 5.07. The van der Waals surface area contributed by atoms with E-state index in [1.807, 2.05) is 6.92 Å². The Morgan fingerprint density at radius 2 is 2.25 bits per heavy atom. The van der Waals surface area contributed by atoms with E-state index in [4.69, 9.17) is 0 Å². The highest BCUT2D eigenvalue weighted by atomic mass is 16.6. The molecule has 0 saturated carbocycles. The molecule has 1 fully saturated rings. The van der Waals surface area contributed by atoms with Gasteiger partial charge in [0.2, 0.25) is 0 Å². The molecule has 1 heterocycles. The van der Waals surface area contributed by atoms with Gasteiger partial charge in [-0.1, -0.05) is 19.4 Å². The lowest BCUT2D eigenvalue weighted by molar-refractivity contribution is -0.384. The van der Waals surface area contributed by atoms with Crippen molar-refractivity contribution in [1.82, 2.24) is 4.90 Å². The van der Waals surface area contributed by atoms with E-state index in [1.165, 1.54) is 23.1 Å². The van der Waals surface area contributed by atoms with Gasteiger partial charge < -0.3 is 15.3 Å². The summed E-state index contributed by atoms with van der Waals surface area (Å²) in [6, 6.07) is 5.40. The van der Waals surface area contributed by atoms with Crippen LogP contribution in [0.1, 0.15) is 19.8 Å². The summed E-state index contributed by atoms with van der Waals surface area (Å²) in [7, 11) is 0. The van der Waals surface area contributed by atoms with Crippen LogP contribution in [0.3, 0.4) is 0 Å². The lowest BCUT2D eigenvalue weighted by Crippen LogP contribution is -2.64. The van der Waals surface area contributed by atoms with Gasteiger partial charge in [-0.15, -0.1) is 0 Å². The number of β-amino-alcohol motifs (C(OH)–C–C–N with tert-alkyl or cyclic N) is 1. The molecule has 2 N–H and O–H groups in total. The number of hydrogen-bond acceptors (Lipinski definition) is 4. The van der Waals surface area contributed by atoms with Crippen molar-refractivity contribution in [1.29, 1.82) is 0 Å². The molecule has 0 aliphatic carbocycles. The Balaban J connectivity index is 1.93. The molecule has 2 rings (SSSR count). The summed E-state index contributed by atoms with van der Waals surface area (Å²) >= 11 is 0. The molecule has 108 valence electrons. The molecule has 0 radical (unpaired) electrons. The Labute approximate surface area is 116 Å². The third-order valence-electron chi connectivity index (χ3n) is 3.28. The smallest absolute Gasteiger partial charge is 0.322 e. The topological polar surface area (TPSA) is 95.7 Å². The Bertz CT molecular complexity index is 526. The number of carbonyl (C=O) groups is 1. The van der Waals surface area contributed by atoms with Crippen molar-refractivity contribution in [2.45, 2.75) is 25.4 Å². The number of anilines is 1. The first kappa shape index (κ1) is 14.3. The van der Waals surface area contributed by atoms with Crippen LogP contribution in [0.4, 0.5) is 16.2 Å². The lowest BCUT2D eigenvalue weighted by atomic mass is 9.90. The summed E-state index contributed by atoms with van der Waals surface area (Å²) in [4.78, 5) is 23.5. The van der Waals surface area contributed by atoms with E-state index >= 15 is 0 Å². The van der Waals surface area contributed by atoms with E-state index in [0.717, 1.165) is 6.42 Å². The van der Waals surface area contributed by atoms with Gasteiger partial charge in [0, 0.05) is 17.8 Å². The summed E-state index contributed by atoms with van der Waals surface area (Å²) in [6.45, 7) is 2.56. The number of rotatable bonds is 4. The van der Waals surface area contributed by atoms with E-state index in [0.29, 0.717) is 25.2 Å². The van der Waals surface area contributed by atoms with E-state index in [2.05, 4.69) is 5.32 Å². The van der Waals surface area contributed by atoms with Gasteiger partial charge in [0.25, 0.3) is 5.69 Å². The average Bonchev–Trinajstić information content (AvgIpc) is 2.36. The molecule has 0 unspecified atom stereocenters. The number of likely N-dealkylation sites (tertiary alicyclic amines) is 1. The zero-order valence-electron chi connectivity index (χ0n) is 11.2. The fraction of sp³-hybridized carbons (Fsp3) is 0.462. The van der Waals surface area contributed by atoms with Gasteiger partial charge >= 0.3 is 6.03 Å². The summed E-state index contributed by atoms with van der Waals surface area (Å²) in [5, 5.41) is 23.2. The molecule has 0 atom stereocenters. The Kier molecular flexibility index (Phi) is 3.89. The standard InChI is InChI=1S/C13H17N3O4/c1-2-6-13(18)8-15(9-13)12(17)14-10-4-3-5-11(7-10)16(19)20/h3-5,7,18H,2,6,8-9H2,1H3,(H,14,17). The summed E-state index contributed by atoms with van der Waals surface area (Å²) in [6.07, 6.45) is 1.52. The number of carbonyl (C=O) groups excluding carboxylic acids is 1. The minimum atomic E-state index is -0.783. The number of hydrogen-bond donors (Lipinski definition) is 2. The third-order valence-corrected chi connectivity index (χ3v) is 3.28. The van der Waals surface area contributed by atoms with Gasteiger partial charge in [0.1, 0.15) is 0 Å².